The van der Waals surface area contributed by atoms with Crippen molar-refractivity contribution < 1.29 is 18.3 Å². The molecule has 0 saturated carbocycles. The molecule has 0 heterocycles. The summed E-state index contributed by atoms with van der Waals surface area (Å²) in [6.07, 6.45) is 0.912. The Hall–Kier alpha value is -2.76. The molecule has 0 aliphatic rings. The van der Waals surface area contributed by atoms with E-state index < -0.39 is 17.5 Å². The Labute approximate surface area is 126 Å². The third kappa shape index (κ3) is 4.37. The van der Waals surface area contributed by atoms with Crippen LogP contribution in [0.3, 0.4) is 0 Å². The second kappa shape index (κ2) is 7.31. The topological polar surface area (TPSA) is 50.7 Å². The van der Waals surface area contributed by atoms with E-state index in [0.717, 1.165) is 23.9 Å². The molecule has 0 atom stereocenters. The number of rotatable bonds is 5. The minimum absolute atomic E-state index is 0.249. The molecule has 0 fully saturated rings. The highest BCUT2D eigenvalue weighted by atomic mass is 19.1. The zero-order valence-corrected chi connectivity index (χ0v) is 11.8. The number of halogens is 2. The Balaban J connectivity index is 1.86. The molecule has 1 N–H and O–H groups in total. The minimum atomic E-state index is -0.756. The summed E-state index contributed by atoms with van der Waals surface area (Å²) < 4.78 is 31.9. The molecular weight excluding hydrogens is 290 g/mol. The number of aryl methyl sites for hydroxylation is 1. The second-order valence-electron chi connectivity index (χ2n) is 4.53. The SMILES string of the molecule is Cc1cccc(OCC(=O)N/N=C/c2c(F)cccc2F)c1. The van der Waals surface area contributed by atoms with Crippen molar-refractivity contribution >= 4 is 12.1 Å². The lowest BCUT2D eigenvalue weighted by Crippen LogP contribution is -2.24. The fourth-order valence-electron chi connectivity index (χ4n) is 1.69. The van der Waals surface area contributed by atoms with Crippen molar-refractivity contribution in [3.05, 3.63) is 65.2 Å². The number of ether oxygens (including phenoxy) is 1. The van der Waals surface area contributed by atoms with Gasteiger partial charge in [-0.1, -0.05) is 18.2 Å². The van der Waals surface area contributed by atoms with Gasteiger partial charge in [0, 0.05) is 0 Å². The minimum Gasteiger partial charge on any atom is -0.484 e. The number of carbonyl (C=O) groups is 1. The van der Waals surface area contributed by atoms with Crippen LogP contribution in [0.2, 0.25) is 0 Å². The molecule has 0 aliphatic heterocycles. The molecule has 0 unspecified atom stereocenters. The summed E-state index contributed by atoms with van der Waals surface area (Å²) >= 11 is 0. The first-order valence-corrected chi connectivity index (χ1v) is 6.51. The van der Waals surface area contributed by atoms with Gasteiger partial charge in [-0.25, -0.2) is 14.2 Å². The first-order chi connectivity index (χ1) is 10.6. The van der Waals surface area contributed by atoms with Crippen LogP contribution in [0.25, 0.3) is 0 Å². The van der Waals surface area contributed by atoms with Crippen LogP contribution in [-0.4, -0.2) is 18.7 Å². The Morgan fingerprint density at radius 2 is 1.91 bits per heavy atom. The van der Waals surface area contributed by atoms with Crippen molar-refractivity contribution in [3.8, 4) is 5.75 Å². The van der Waals surface area contributed by atoms with Gasteiger partial charge >= 0.3 is 0 Å². The average molecular weight is 304 g/mol. The lowest BCUT2D eigenvalue weighted by Gasteiger charge is -2.05. The molecule has 2 aromatic carbocycles. The van der Waals surface area contributed by atoms with E-state index in [1.54, 1.807) is 12.1 Å². The molecule has 0 radical (unpaired) electrons. The van der Waals surface area contributed by atoms with E-state index in [4.69, 9.17) is 4.74 Å². The van der Waals surface area contributed by atoms with Crippen LogP contribution in [0.4, 0.5) is 8.78 Å². The summed E-state index contributed by atoms with van der Waals surface area (Å²) in [6, 6.07) is 10.7. The monoisotopic (exact) mass is 304 g/mol. The number of nitrogens with zero attached hydrogens (tertiary/aromatic N) is 1. The molecule has 1 amide bonds. The highest BCUT2D eigenvalue weighted by Gasteiger charge is 2.06. The fourth-order valence-corrected chi connectivity index (χ4v) is 1.69. The van der Waals surface area contributed by atoms with Crippen LogP contribution < -0.4 is 10.2 Å². The molecule has 0 bridgehead atoms. The third-order valence-corrected chi connectivity index (χ3v) is 2.74. The Morgan fingerprint density at radius 3 is 2.59 bits per heavy atom. The van der Waals surface area contributed by atoms with Gasteiger partial charge in [-0.05, 0) is 36.8 Å². The Kier molecular flexibility index (Phi) is 5.19. The molecule has 2 rings (SSSR count). The third-order valence-electron chi connectivity index (χ3n) is 2.74. The van der Waals surface area contributed by atoms with Gasteiger partial charge in [0.05, 0.1) is 11.8 Å². The van der Waals surface area contributed by atoms with Crippen LogP contribution in [0, 0.1) is 18.6 Å². The molecule has 0 saturated heterocycles. The zero-order valence-electron chi connectivity index (χ0n) is 11.8. The second-order valence-corrected chi connectivity index (χ2v) is 4.53. The Morgan fingerprint density at radius 1 is 1.23 bits per heavy atom. The number of amides is 1. The molecule has 0 spiro atoms. The summed E-state index contributed by atoms with van der Waals surface area (Å²) in [6.45, 7) is 1.65. The number of hydrazone groups is 1. The number of nitrogens with one attached hydrogen (secondary N) is 1. The van der Waals surface area contributed by atoms with Crippen LogP contribution in [-0.2, 0) is 4.79 Å². The maximum Gasteiger partial charge on any atom is 0.277 e. The van der Waals surface area contributed by atoms with Crippen LogP contribution >= 0.6 is 0 Å². The van der Waals surface area contributed by atoms with Gasteiger partial charge in [-0.15, -0.1) is 0 Å². The largest absolute Gasteiger partial charge is 0.484 e. The lowest BCUT2D eigenvalue weighted by molar-refractivity contribution is -0.123. The molecule has 0 aliphatic carbocycles. The first kappa shape index (κ1) is 15.6. The van der Waals surface area contributed by atoms with E-state index in [0.29, 0.717) is 5.75 Å². The van der Waals surface area contributed by atoms with E-state index in [-0.39, 0.29) is 12.2 Å². The van der Waals surface area contributed by atoms with Crippen molar-refractivity contribution in [2.75, 3.05) is 6.61 Å². The van der Waals surface area contributed by atoms with E-state index in [1.165, 1.54) is 6.07 Å². The van der Waals surface area contributed by atoms with E-state index >= 15 is 0 Å². The van der Waals surface area contributed by atoms with Crippen molar-refractivity contribution in [2.24, 2.45) is 5.10 Å². The number of hydrogen-bond acceptors (Lipinski definition) is 3. The quantitative estimate of drug-likeness (QED) is 0.682. The standard InChI is InChI=1S/C16H14F2N2O2/c1-11-4-2-5-12(8-11)22-10-16(21)20-19-9-13-14(17)6-3-7-15(13)18/h2-9H,10H2,1H3,(H,20,21)/b19-9+. The lowest BCUT2D eigenvalue weighted by atomic mass is 10.2. The normalized spacial score (nSPS) is 10.7. The Bertz CT molecular complexity index is 682. The highest BCUT2D eigenvalue weighted by Crippen LogP contribution is 2.12. The molecular formula is C16H14F2N2O2. The number of benzene rings is 2. The zero-order chi connectivity index (χ0) is 15.9. The average Bonchev–Trinajstić information content (AvgIpc) is 2.48. The van der Waals surface area contributed by atoms with Gasteiger partial charge < -0.3 is 4.74 Å². The highest BCUT2D eigenvalue weighted by molar-refractivity contribution is 5.83. The summed E-state index contributed by atoms with van der Waals surface area (Å²) in [7, 11) is 0. The van der Waals surface area contributed by atoms with Gasteiger partial charge in [0.1, 0.15) is 17.4 Å². The van der Waals surface area contributed by atoms with Crippen molar-refractivity contribution in [2.45, 2.75) is 6.92 Å². The van der Waals surface area contributed by atoms with Gasteiger partial charge in [0.25, 0.3) is 5.91 Å². The number of hydrogen-bond donors (Lipinski definition) is 1. The van der Waals surface area contributed by atoms with Gasteiger partial charge in [0.15, 0.2) is 6.61 Å². The predicted octanol–water partition coefficient (Wildman–Crippen LogP) is 2.80. The molecule has 4 nitrogen and oxygen atoms in total. The van der Waals surface area contributed by atoms with Crippen LogP contribution in [0.15, 0.2) is 47.6 Å². The molecule has 22 heavy (non-hydrogen) atoms. The van der Waals surface area contributed by atoms with Gasteiger partial charge in [-0.3, -0.25) is 4.79 Å². The van der Waals surface area contributed by atoms with E-state index in [9.17, 15) is 13.6 Å². The summed E-state index contributed by atoms with van der Waals surface area (Å²) in [5.74, 6) is -1.49. The smallest absolute Gasteiger partial charge is 0.277 e. The first-order valence-electron chi connectivity index (χ1n) is 6.51. The van der Waals surface area contributed by atoms with Gasteiger partial charge in [-0.2, -0.15) is 5.10 Å². The molecule has 114 valence electrons. The van der Waals surface area contributed by atoms with Gasteiger partial charge in [0.2, 0.25) is 0 Å². The molecule has 2 aromatic rings. The predicted molar refractivity (Wildman–Crippen MR) is 78.8 cm³/mol. The van der Waals surface area contributed by atoms with Crippen molar-refractivity contribution in [1.82, 2.24) is 5.43 Å². The van der Waals surface area contributed by atoms with E-state index in [1.807, 2.05) is 19.1 Å². The summed E-state index contributed by atoms with van der Waals surface area (Å²) in [4.78, 5) is 11.5. The van der Waals surface area contributed by atoms with Crippen LogP contribution in [0.1, 0.15) is 11.1 Å². The number of carbonyl (C=O) groups excluding carboxylic acids is 1. The fraction of sp³-hybridized carbons (Fsp3) is 0.125. The van der Waals surface area contributed by atoms with E-state index in [2.05, 4.69) is 10.5 Å². The van der Waals surface area contributed by atoms with Crippen molar-refractivity contribution in [1.29, 1.82) is 0 Å². The summed E-state index contributed by atoms with van der Waals surface area (Å²) in [5, 5.41) is 3.51. The van der Waals surface area contributed by atoms with Crippen molar-refractivity contribution in [3.63, 3.8) is 0 Å². The van der Waals surface area contributed by atoms with Crippen LogP contribution in [0.5, 0.6) is 5.75 Å². The molecule has 6 heteroatoms. The molecule has 0 aromatic heterocycles. The maximum absolute atomic E-state index is 13.3. The maximum atomic E-state index is 13.3. The summed E-state index contributed by atoms with van der Waals surface area (Å²) in [5.41, 5.74) is 2.83.